The van der Waals surface area contributed by atoms with E-state index in [-0.39, 0.29) is 42.7 Å². The Morgan fingerprint density at radius 2 is 1.55 bits per heavy atom. The van der Waals surface area contributed by atoms with Gasteiger partial charge >= 0.3 is 12.1 Å². The first-order valence-corrected chi connectivity index (χ1v) is 5.33. The number of halogens is 6. The van der Waals surface area contributed by atoms with Crippen LogP contribution in [0.5, 0.6) is 11.5 Å². The first kappa shape index (κ1) is 16.8. The SMILES string of the molecule is Cl.N[C@H](c1ccc2c(c1)OCCO2)C(F)(F)C(F)(F)F. The zero-order valence-electron chi connectivity index (χ0n) is 9.92. The molecule has 9 heteroatoms. The highest BCUT2D eigenvalue weighted by Crippen LogP contribution is 2.44. The van der Waals surface area contributed by atoms with Crippen molar-refractivity contribution < 1.29 is 31.4 Å². The standard InChI is InChI=1S/C11H10F5NO2.ClH/c12-10(13,11(14,15)16)9(17)6-1-2-7-8(5-6)19-4-3-18-7;/h1-2,5,9H,3-4,17H2;1H/t9-;/m1./s1. The summed E-state index contributed by atoms with van der Waals surface area (Å²) in [5, 5.41) is 0. The molecular weight excluding hydrogens is 309 g/mol. The van der Waals surface area contributed by atoms with Gasteiger partial charge in [-0.05, 0) is 17.7 Å². The average molecular weight is 320 g/mol. The Morgan fingerprint density at radius 3 is 2.10 bits per heavy atom. The van der Waals surface area contributed by atoms with Crippen LogP contribution < -0.4 is 15.2 Å². The molecule has 0 spiro atoms. The molecule has 0 saturated carbocycles. The first-order chi connectivity index (χ1) is 8.73. The van der Waals surface area contributed by atoms with Gasteiger partial charge in [-0.2, -0.15) is 22.0 Å². The van der Waals surface area contributed by atoms with Crippen LogP contribution in [-0.4, -0.2) is 25.3 Å². The minimum atomic E-state index is -5.71. The zero-order valence-corrected chi connectivity index (χ0v) is 10.7. The molecule has 1 aromatic carbocycles. The van der Waals surface area contributed by atoms with Crippen molar-refractivity contribution in [2.24, 2.45) is 5.73 Å². The molecule has 0 bridgehead atoms. The Bertz CT molecular complexity index is 480. The van der Waals surface area contributed by atoms with Gasteiger partial charge in [-0.25, -0.2) is 0 Å². The molecule has 1 aromatic rings. The van der Waals surface area contributed by atoms with E-state index in [1.807, 2.05) is 0 Å². The van der Waals surface area contributed by atoms with Gasteiger partial charge in [-0.3, -0.25) is 0 Å². The lowest BCUT2D eigenvalue weighted by Gasteiger charge is -2.27. The van der Waals surface area contributed by atoms with E-state index in [1.54, 1.807) is 0 Å². The summed E-state index contributed by atoms with van der Waals surface area (Å²) in [6, 6.07) is 0.871. The van der Waals surface area contributed by atoms with Gasteiger partial charge < -0.3 is 15.2 Å². The van der Waals surface area contributed by atoms with Crippen molar-refractivity contribution >= 4 is 12.4 Å². The van der Waals surface area contributed by atoms with Crippen LogP contribution in [-0.2, 0) is 0 Å². The maximum Gasteiger partial charge on any atom is 0.455 e. The Labute approximate surface area is 117 Å². The van der Waals surface area contributed by atoms with Crippen molar-refractivity contribution in [2.45, 2.75) is 18.1 Å². The molecule has 0 unspecified atom stereocenters. The molecular formula is C11H11ClF5NO2. The molecule has 0 aliphatic carbocycles. The number of rotatable bonds is 2. The van der Waals surface area contributed by atoms with Crippen molar-refractivity contribution in [3.63, 3.8) is 0 Å². The first-order valence-electron chi connectivity index (χ1n) is 5.33. The van der Waals surface area contributed by atoms with Gasteiger partial charge in [-0.15, -0.1) is 12.4 Å². The van der Waals surface area contributed by atoms with Crippen molar-refractivity contribution in [3.8, 4) is 11.5 Å². The monoisotopic (exact) mass is 319 g/mol. The molecule has 20 heavy (non-hydrogen) atoms. The van der Waals surface area contributed by atoms with Crippen molar-refractivity contribution in [1.29, 1.82) is 0 Å². The molecule has 2 rings (SSSR count). The number of hydrogen-bond acceptors (Lipinski definition) is 3. The van der Waals surface area contributed by atoms with Crippen LogP contribution in [0, 0.1) is 0 Å². The highest BCUT2D eigenvalue weighted by molar-refractivity contribution is 5.85. The predicted octanol–water partition coefficient (Wildman–Crippen LogP) is 3.08. The smallest absolute Gasteiger partial charge is 0.455 e. The molecule has 0 fully saturated rings. The summed E-state index contributed by atoms with van der Waals surface area (Å²) in [6.07, 6.45) is -5.71. The molecule has 1 aliphatic rings. The molecule has 0 amide bonds. The van der Waals surface area contributed by atoms with Crippen molar-refractivity contribution in [3.05, 3.63) is 23.8 Å². The zero-order chi connectivity index (χ0) is 14.3. The minimum Gasteiger partial charge on any atom is -0.486 e. The second kappa shape index (κ2) is 5.61. The van der Waals surface area contributed by atoms with Gasteiger partial charge in [0.05, 0.1) is 0 Å². The third-order valence-electron chi connectivity index (χ3n) is 2.69. The second-order valence-corrected chi connectivity index (χ2v) is 4.00. The topological polar surface area (TPSA) is 44.5 Å². The number of alkyl halides is 5. The Balaban J connectivity index is 0.00000200. The largest absolute Gasteiger partial charge is 0.486 e. The molecule has 1 atom stereocenters. The van der Waals surface area contributed by atoms with Crippen molar-refractivity contribution in [1.82, 2.24) is 0 Å². The van der Waals surface area contributed by atoms with Gasteiger partial charge in [0.1, 0.15) is 19.3 Å². The van der Waals surface area contributed by atoms with Crippen LogP contribution >= 0.6 is 12.4 Å². The van der Waals surface area contributed by atoms with Gasteiger partial charge in [0, 0.05) is 0 Å². The maximum absolute atomic E-state index is 13.1. The summed E-state index contributed by atoms with van der Waals surface area (Å²) >= 11 is 0. The molecule has 0 aromatic heterocycles. The third kappa shape index (κ3) is 2.90. The summed E-state index contributed by atoms with van der Waals surface area (Å²) in [6.45, 7) is 0.485. The molecule has 0 saturated heterocycles. The number of ether oxygens (including phenoxy) is 2. The highest BCUT2D eigenvalue weighted by atomic mass is 35.5. The van der Waals surface area contributed by atoms with Gasteiger partial charge in [0.2, 0.25) is 0 Å². The van der Waals surface area contributed by atoms with E-state index in [9.17, 15) is 22.0 Å². The number of fused-ring (bicyclic) bond motifs is 1. The Hall–Kier alpha value is -1.28. The van der Waals surface area contributed by atoms with Crippen LogP contribution in [0.15, 0.2) is 18.2 Å². The fourth-order valence-electron chi connectivity index (χ4n) is 1.64. The molecule has 114 valence electrons. The Morgan fingerprint density at radius 1 is 1.00 bits per heavy atom. The molecule has 0 radical (unpaired) electrons. The number of nitrogens with two attached hydrogens (primary N) is 1. The lowest BCUT2D eigenvalue weighted by atomic mass is 10.0. The van der Waals surface area contributed by atoms with Crippen LogP contribution in [0.1, 0.15) is 11.6 Å². The quantitative estimate of drug-likeness (QED) is 0.852. The summed E-state index contributed by atoms with van der Waals surface area (Å²) in [5.41, 5.74) is 4.66. The van der Waals surface area contributed by atoms with Crippen LogP contribution in [0.4, 0.5) is 22.0 Å². The van der Waals surface area contributed by atoms with Crippen LogP contribution in [0.3, 0.4) is 0 Å². The lowest BCUT2D eigenvalue weighted by molar-refractivity contribution is -0.291. The fourth-order valence-corrected chi connectivity index (χ4v) is 1.64. The number of benzene rings is 1. The summed E-state index contributed by atoms with van der Waals surface area (Å²) < 4.78 is 73.1. The fraction of sp³-hybridized carbons (Fsp3) is 0.455. The summed E-state index contributed by atoms with van der Waals surface area (Å²) in [5.74, 6) is -4.62. The van der Waals surface area contributed by atoms with E-state index in [2.05, 4.69) is 0 Å². The van der Waals surface area contributed by atoms with E-state index in [1.165, 1.54) is 6.07 Å². The minimum absolute atomic E-state index is 0. The molecule has 2 N–H and O–H groups in total. The van der Waals surface area contributed by atoms with Gasteiger partial charge in [0.25, 0.3) is 0 Å². The van der Waals surface area contributed by atoms with Crippen molar-refractivity contribution in [2.75, 3.05) is 13.2 Å². The van der Waals surface area contributed by atoms with E-state index in [0.29, 0.717) is 0 Å². The summed E-state index contributed by atoms with van der Waals surface area (Å²) in [7, 11) is 0. The highest BCUT2D eigenvalue weighted by Gasteiger charge is 2.61. The maximum atomic E-state index is 13.1. The molecule has 3 nitrogen and oxygen atoms in total. The number of hydrogen-bond donors (Lipinski definition) is 1. The third-order valence-corrected chi connectivity index (χ3v) is 2.69. The van der Waals surface area contributed by atoms with Gasteiger partial charge in [0.15, 0.2) is 11.5 Å². The van der Waals surface area contributed by atoms with Crippen LogP contribution in [0.25, 0.3) is 0 Å². The van der Waals surface area contributed by atoms with E-state index in [0.717, 1.165) is 12.1 Å². The van der Waals surface area contributed by atoms with E-state index >= 15 is 0 Å². The van der Waals surface area contributed by atoms with Gasteiger partial charge in [-0.1, -0.05) is 6.07 Å². The predicted molar refractivity (Wildman–Crippen MR) is 62.6 cm³/mol. The second-order valence-electron chi connectivity index (χ2n) is 4.00. The summed E-state index contributed by atoms with van der Waals surface area (Å²) in [4.78, 5) is 0. The molecule has 1 heterocycles. The molecule has 1 aliphatic heterocycles. The average Bonchev–Trinajstić information content (AvgIpc) is 2.36. The van der Waals surface area contributed by atoms with Crippen LogP contribution in [0.2, 0.25) is 0 Å². The van der Waals surface area contributed by atoms with E-state index in [4.69, 9.17) is 15.2 Å². The van der Waals surface area contributed by atoms with E-state index < -0.39 is 18.1 Å². The Kier molecular flexibility index (Phi) is 4.70. The normalized spacial score (nSPS) is 16.3. The lowest BCUT2D eigenvalue weighted by Crippen LogP contribution is -2.45.